The van der Waals surface area contributed by atoms with Crippen LogP contribution >= 0.6 is 0 Å². The summed E-state index contributed by atoms with van der Waals surface area (Å²) in [7, 11) is 4.31. The maximum absolute atomic E-state index is 2.39. The van der Waals surface area contributed by atoms with E-state index >= 15 is 0 Å². The predicted molar refractivity (Wildman–Crippen MR) is 106 cm³/mol. The van der Waals surface area contributed by atoms with Crippen LogP contribution in [-0.4, -0.2) is 40.7 Å². The molecule has 0 unspecified atom stereocenters. The van der Waals surface area contributed by atoms with Gasteiger partial charge in [0.05, 0.1) is 0 Å². The zero-order chi connectivity index (χ0) is 16.9. The predicted octanol–water partition coefficient (Wildman–Crippen LogP) is 2.57. The molecule has 0 bridgehead atoms. The van der Waals surface area contributed by atoms with Crippen LogP contribution in [0.1, 0.15) is 11.1 Å². The summed E-state index contributed by atoms with van der Waals surface area (Å²) < 4.78 is 4.69. The Morgan fingerprint density at radius 1 is 0.750 bits per heavy atom. The molecule has 1 nitrogen and oxygen atoms in total. The fourth-order valence-electron chi connectivity index (χ4n) is 2.98. The van der Waals surface area contributed by atoms with Gasteiger partial charge in [0.25, 0.3) is 0 Å². The van der Waals surface area contributed by atoms with E-state index < -0.39 is 21.8 Å². The normalized spacial score (nSPS) is 11.2. The molecule has 3 rings (SSSR count). The average molecular weight is 511 g/mol. The van der Waals surface area contributed by atoms with Crippen LogP contribution in [0.3, 0.4) is 0 Å². The van der Waals surface area contributed by atoms with Crippen molar-refractivity contribution in [3.05, 3.63) is 90.0 Å². The number of benzene rings is 3. The minimum absolute atomic E-state index is 1.00. The van der Waals surface area contributed by atoms with E-state index in [1.807, 2.05) is 0 Å². The molecule has 24 heavy (non-hydrogen) atoms. The Kier molecular flexibility index (Phi) is 5.82. The average Bonchev–Trinajstić information content (AvgIpc) is 2.58. The molecule has 3 aromatic rings. The molecule has 0 aliphatic carbocycles. The molecule has 0 aliphatic heterocycles. The SMILES string of the molecule is Cc1cc[c]([Bi]([c]2ccccc2)[c]2ccccc2)c(CN(C)C)c1. The van der Waals surface area contributed by atoms with E-state index in [1.54, 1.807) is 9.81 Å². The van der Waals surface area contributed by atoms with Gasteiger partial charge in [-0.05, 0) is 0 Å². The van der Waals surface area contributed by atoms with Crippen LogP contribution in [0.4, 0.5) is 0 Å². The van der Waals surface area contributed by atoms with Crippen molar-refractivity contribution in [3.63, 3.8) is 0 Å². The molecule has 2 heteroatoms. The molecule has 0 aromatic heterocycles. The summed E-state index contributed by atoms with van der Waals surface area (Å²) in [6.07, 6.45) is 0. The molecular weight excluding hydrogens is 487 g/mol. The van der Waals surface area contributed by atoms with Crippen LogP contribution in [0, 0.1) is 6.92 Å². The first-order valence-electron chi connectivity index (χ1n) is 8.29. The zero-order valence-corrected chi connectivity index (χ0v) is 18.1. The Balaban J connectivity index is 2.17. The molecule has 0 radical (unpaired) electrons. The third kappa shape index (κ3) is 4.12. The van der Waals surface area contributed by atoms with Crippen molar-refractivity contribution < 1.29 is 0 Å². The molecule has 0 aliphatic rings. The van der Waals surface area contributed by atoms with Crippen molar-refractivity contribution in [1.82, 2.24) is 4.90 Å². The van der Waals surface area contributed by atoms with Crippen molar-refractivity contribution in [2.45, 2.75) is 13.5 Å². The van der Waals surface area contributed by atoms with Gasteiger partial charge in [-0.15, -0.1) is 0 Å². The molecule has 0 fully saturated rings. The Labute approximate surface area is 153 Å². The van der Waals surface area contributed by atoms with E-state index in [2.05, 4.69) is 105 Å². The summed E-state index contributed by atoms with van der Waals surface area (Å²) in [6, 6.07) is 29.3. The van der Waals surface area contributed by atoms with E-state index in [0.29, 0.717) is 0 Å². The molecule has 0 spiro atoms. The molecular formula is C22H24BiN. The van der Waals surface area contributed by atoms with Crippen LogP contribution in [-0.2, 0) is 6.54 Å². The van der Waals surface area contributed by atoms with Crippen LogP contribution in [0.25, 0.3) is 0 Å². The first kappa shape index (κ1) is 17.3. The van der Waals surface area contributed by atoms with Gasteiger partial charge in [0.15, 0.2) is 0 Å². The number of aryl methyl sites for hydroxylation is 1. The van der Waals surface area contributed by atoms with Gasteiger partial charge in [-0.25, -0.2) is 0 Å². The first-order chi connectivity index (χ1) is 11.6. The van der Waals surface area contributed by atoms with Gasteiger partial charge in [-0.2, -0.15) is 0 Å². The van der Waals surface area contributed by atoms with Gasteiger partial charge in [0.1, 0.15) is 0 Å². The summed E-state index contributed by atoms with van der Waals surface area (Å²) in [5, 5.41) is 0. The third-order valence-corrected chi connectivity index (χ3v) is 13.9. The fraction of sp³-hybridized carbons (Fsp3) is 0.182. The van der Waals surface area contributed by atoms with Gasteiger partial charge < -0.3 is 0 Å². The molecule has 3 aromatic carbocycles. The van der Waals surface area contributed by atoms with Gasteiger partial charge in [0.2, 0.25) is 0 Å². The van der Waals surface area contributed by atoms with Gasteiger partial charge in [0, 0.05) is 0 Å². The molecule has 0 atom stereocenters. The molecule has 0 saturated carbocycles. The zero-order valence-electron chi connectivity index (χ0n) is 14.6. The second-order valence-corrected chi connectivity index (χ2v) is 14.9. The summed E-state index contributed by atoms with van der Waals surface area (Å²) in [4.78, 5) is 2.27. The van der Waals surface area contributed by atoms with Crippen molar-refractivity contribution in [1.29, 1.82) is 0 Å². The van der Waals surface area contributed by atoms with E-state index in [1.165, 1.54) is 11.1 Å². The van der Waals surface area contributed by atoms with Crippen molar-refractivity contribution in [3.8, 4) is 0 Å². The molecule has 0 amide bonds. The van der Waals surface area contributed by atoms with Crippen LogP contribution < -0.4 is 9.81 Å². The third-order valence-electron chi connectivity index (χ3n) is 3.99. The maximum atomic E-state index is 2.39. The monoisotopic (exact) mass is 511 g/mol. The van der Waals surface area contributed by atoms with Crippen LogP contribution in [0.15, 0.2) is 78.9 Å². The quantitative estimate of drug-likeness (QED) is 0.477. The van der Waals surface area contributed by atoms with Crippen molar-refractivity contribution in [2.24, 2.45) is 0 Å². The Morgan fingerprint density at radius 3 is 1.79 bits per heavy atom. The van der Waals surface area contributed by atoms with Gasteiger partial charge in [-0.1, -0.05) is 0 Å². The van der Waals surface area contributed by atoms with E-state index in [0.717, 1.165) is 6.54 Å². The Morgan fingerprint density at radius 2 is 1.29 bits per heavy atom. The Hall–Kier alpha value is -1.50. The molecule has 0 N–H and O–H groups in total. The number of hydrogen-bond donors (Lipinski definition) is 0. The summed E-state index contributed by atoms with van der Waals surface area (Å²) in [6.45, 7) is 3.19. The second kappa shape index (κ2) is 8.05. The summed E-state index contributed by atoms with van der Waals surface area (Å²) in [5.74, 6) is 0. The summed E-state index contributed by atoms with van der Waals surface area (Å²) >= 11 is -2.26. The minimum atomic E-state index is -2.26. The molecule has 0 heterocycles. The fourth-order valence-corrected chi connectivity index (χ4v) is 12.5. The number of hydrogen-bond acceptors (Lipinski definition) is 1. The standard InChI is InChI=1S/C10H14N.2C6H5.Bi/c1-9-5-4-6-10(7-9)8-11(2)3;2*1-2-4-6-5-3-1;/h4-5,7H,8H2,1-3H3;2*1-5H;. The van der Waals surface area contributed by atoms with E-state index in [9.17, 15) is 0 Å². The van der Waals surface area contributed by atoms with Gasteiger partial charge in [-0.3, -0.25) is 0 Å². The molecule has 122 valence electrons. The van der Waals surface area contributed by atoms with E-state index in [-0.39, 0.29) is 0 Å². The first-order valence-corrected chi connectivity index (χ1v) is 13.5. The van der Waals surface area contributed by atoms with Crippen LogP contribution in [0.5, 0.6) is 0 Å². The second-order valence-electron chi connectivity index (χ2n) is 6.38. The number of rotatable bonds is 5. The topological polar surface area (TPSA) is 3.24 Å². The summed E-state index contributed by atoms with van der Waals surface area (Å²) in [5.41, 5.74) is 2.84. The molecule has 0 saturated heterocycles. The Bertz CT molecular complexity index is 742. The van der Waals surface area contributed by atoms with Gasteiger partial charge >= 0.3 is 154 Å². The van der Waals surface area contributed by atoms with Crippen molar-refractivity contribution in [2.75, 3.05) is 14.1 Å². The number of nitrogens with zero attached hydrogens (tertiary/aromatic N) is 1. The van der Waals surface area contributed by atoms with Crippen LogP contribution in [0.2, 0.25) is 0 Å². The van der Waals surface area contributed by atoms with Crippen molar-refractivity contribution >= 4 is 31.6 Å². The van der Waals surface area contributed by atoms with E-state index in [4.69, 9.17) is 0 Å².